The van der Waals surface area contributed by atoms with Gasteiger partial charge in [0.15, 0.2) is 0 Å². The van der Waals surface area contributed by atoms with Gasteiger partial charge in [-0.1, -0.05) is 12.1 Å². The van der Waals surface area contributed by atoms with Gasteiger partial charge in [-0.25, -0.2) is 0 Å². The van der Waals surface area contributed by atoms with Crippen molar-refractivity contribution < 1.29 is 14.4 Å². The van der Waals surface area contributed by atoms with Crippen molar-refractivity contribution in [2.45, 2.75) is 19.9 Å². The molecule has 0 saturated carbocycles. The van der Waals surface area contributed by atoms with Gasteiger partial charge in [0.2, 0.25) is 11.8 Å². The van der Waals surface area contributed by atoms with Gasteiger partial charge >= 0.3 is 0 Å². The van der Waals surface area contributed by atoms with Crippen molar-refractivity contribution in [1.29, 1.82) is 0 Å². The van der Waals surface area contributed by atoms with Gasteiger partial charge in [0.1, 0.15) is 0 Å². The van der Waals surface area contributed by atoms with E-state index in [0.717, 1.165) is 5.56 Å². The predicted molar refractivity (Wildman–Crippen MR) is 79.6 cm³/mol. The highest BCUT2D eigenvalue weighted by molar-refractivity contribution is 5.93. The summed E-state index contributed by atoms with van der Waals surface area (Å²) < 4.78 is 0. The molecule has 0 radical (unpaired) electrons. The van der Waals surface area contributed by atoms with Crippen LogP contribution in [-0.4, -0.2) is 43.3 Å². The van der Waals surface area contributed by atoms with E-state index in [0.29, 0.717) is 18.7 Å². The van der Waals surface area contributed by atoms with Crippen LogP contribution in [0, 0.1) is 0 Å². The Labute approximate surface area is 124 Å². The first-order valence-electron chi connectivity index (χ1n) is 6.73. The fourth-order valence-corrected chi connectivity index (χ4v) is 1.80. The molecule has 2 N–H and O–H groups in total. The van der Waals surface area contributed by atoms with Crippen LogP contribution in [0.5, 0.6) is 0 Å². The van der Waals surface area contributed by atoms with Crippen molar-refractivity contribution in [2.24, 2.45) is 0 Å². The van der Waals surface area contributed by atoms with E-state index < -0.39 is 0 Å². The normalized spacial score (nSPS) is 9.86. The Morgan fingerprint density at radius 2 is 1.76 bits per heavy atom. The molecular formula is C15H21N3O3. The summed E-state index contributed by atoms with van der Waals surface area (Å²) in [5, 5.41) is 5.14. The SMILES string of the molecule is CNC(=O)c1ccc(CN(C)C(=O)CCNC(C)=O)cc1. The summed E-state index contributed by atoms with van der Waals surface area (Å²) in [7, 11) is 3.29. The Morgan fingerprint density at radius 1 is 1.14 bits per heavy atom. The van der Waals surface area contributed by atoms with Crippen LogP contribution in [0.1, 0.15) is 29.3 Å². The van der Waals surface area contributed by atoms with Crippen LogP contribution in [0.25, 0.3) is 0 Å². The van der Waals surface area contributed by atoms with E-state index in [-0.39, 0.29) is 24.1 Å². The van der Waals surface area contributed by atoms with Gasteiger partial charge in [-0.05, 0) is 17.7 Å². The minimum absolute atomic E-state index is 0.0425. The quantitative estimate of drug-likeness (QED) is 0.802. The van der Waals surface area contributed by atoms with E-state index in [4.69, 9.17) is 0 Å². The molecule has 0 unspecified atom stereocenters. The van der Waals surface area contributed by atoms with E-state index in [1.54, 1.807) is 31.1 Å². The highest BCUT2D eigenvalue weighted by atomic mass is 16.2. The molecule has 114 valence electrons. The molecule has 1 aromatic carbocycles. The number of benzene rings is 1. The molecule has 0 fully saturated rings. The number of hydrogen-bond acceptors (Lipinski definition) is 3. The van der Waals surface area contributed by atoms with Gasteiger partial charge in [-0.15, -0.1) is 0 Å². The largest absolute Gasteiger partial charge is 0.356 e. The molecule has 3 amide bonds. The third kappa shape index (κ3) is 5.64. The Kier molecular flexibility index (Phi) is 6.39. The average Bonchev–Trinajstić information content (AvgIpc) is 2.46. The molecule has 0 aliphatic rings. The standard InChI is InChI=1S/C15H21N3O3/c1-11(19)17-9-8-14(20)18(3)10-12-4-6-13(7-5-12)15(21)16-2/h4-7H,8-10H2,1-3H3,(H,16,21)(H,17,19). The van der Waals surface area contributed by atoms with Crippen LogP contribution in [0.2, 0.25) is 0 Å². The lowest BCUT2D eigenvalue weighted by Crippen LogP contribution is -2.30. The van der Waals surface area contributed by atoms with Crippen molar-refractivity contribution in [3.63, 3.8) is 0 Å². The molecule has 6 heteroatoms. The van der Waals surface area contributed by atoms with Crippen LogP contribution in [0.15, 0.2) is 24.3 Å². The summed E-state index contributed by atoms with van der Waals surface area (Å²) in [5.74, 6) is -0.323. The Morgan fingerprint density at radius 3 is 2.29 bits per heavy atom. The molecule has 0 aliphatic heterocycles. The second-order valence-electron chi connectivity index (χ2n) is 4.76. The third-order valence-electron chi connectivity index (χ3n) is 3.00. The number of carbonyl (C=O) groups excluding carboxylic acids is 3. The summed E-state index contributed by atoms with van der Waals surface area (Å²) in [6, 6.07) is 7.10. The number of amides is 3. The highest BCUT2D eigenvalue weighted by Gasteiger charge is 2.10. The van der Waals surface area contributed by atoms with E-state index in [1.807, 2.05) is 12.1 Å². The summed E-state index contributed by atoms with van der Waals surface area (Å²) in [4.78, 5) is 35.6. The van der Waals surface area contributed by atoms with E-state index >= 15 is 0 Å². The number of nitrogens with zero attached hydrogens (tertiary/aromatic N) is 1. The zero-order valence-electron chi connectivity index (χ0n) is 12.6. The molecule has 0 aliphatic carbocycles. The molecule has 0 bridgehead atoms. The van der Waals surface area contributed by atoms with Crippen LogP contribution in [-0.2, 0) is 16.1 Å². The summed E-state index contributed by atoms with van der Waals surface area (Å²) >= 11 is 0. The van der Waals surface area contributed by atoms with Crippen molar-refractivity contribution in [1.82, 2.24) is 15.5 Å². The molecular weight excluding hydrogens is 270 g/mol. The Hall–Kier alpha value is -2.37. The third-order valence-corrected chi connectivity index (χ3v) is 3.00. The van der Waals surface area contributed by atoms with E-state index in [1.165, 1.54) is 6.92 Å². The number of carbonyl (C=O) groups is 3. The number of hydrogen-bond donors (Lipinski definition) is 2. The molecule has 6 nitrogen and oxygen atoms in total. The van der Waals surface area contributed by atoms with Crippen LogP contribution >= 0.6 is 0 Å². The van der Waals surface area contributed by atoms with Crippen LogP contribution in [0.4, 0.5) is 0 Å². The van der Waals surface area contributed by atoms with E-state index in [2.05, 4.69) is 10.6 Å². The lowest BCUT2D eigenvalue weighted by molar-refractivity contribution is -0.130. The first kappa shape index (κ1) is 16.7. The first-order chi connectivity index (χ1) is 9.93. The second kappa shape index (κ2) is 8.04. The molecule has 1 rings (SSSR count). The summed E-state index contributed by atoms with van der Waals surface area (Å²) in [6.45, 7) is 2.23. The molecule has 0 heterocycles. The molecule has 0 aromatic heterocycles. The topological polar surface area (TPSA) is 78.5 Å². The van der Waals surface area contributed by atoms with Crippen molar-refractivity contribution in [3.05, 3.63) is 35.4 Å². The van der Waals surface area contributed by atoms with Gasteiger partial charge in [-0.3, -0.25) is 14.4 Å². The number of nitrogens with one attached hydrogen (secondary N) is 2. The monoisotopic (exact) mass is 291 g/mol. The molecule has 21 heavy (non-hydrogen) atoms. The predicted octanol–water partition coefficient (Wildman–Crippen LogP) is 0.531. The second-order valence-corrected chi connectivity index (χ2v) is 4.76. The maximum Gasteiger partial charge on any atom is 0.251 e. The molecule has 0 saturated heterocycles. The first-order valence-corrected chi connectivity index (χ1v) is 6.73. The van der Waals surface area contributed by atoms with Gasteiger partial charge in [0.05, 0.1) is 0 Å². The maximum absolute atomic E-state index is 11.9. The van der Waals surface area contributed by atoms with Crippen molar-refractivity contribution in [3.8, 4) is 0 Å². The average molecular weight is 291 g/mol. The minimum atomic E-state index is -0.143. The Balaban J connectivity index is 2.50. The number of rotatable bonds is 6. The zero-order valence-corrected chi connectivity index (χ0v) is 12.6. The molecule has 1 aromatic rings. The van der Waals surface area contributed by atoms with Crippen molar-refractivity contribution in [2.75, 3.05) is 20.6 Å². The summed E-state index contributed by atoms with van der Waals surface area (Å²) in [6.07, 6.45) is 0.270. The van der Waals surface area contributed by atoms with Crippen LogP contribution < -0.4 is 10.6 Å². The van der Waals surface area contributed by atoms with Gasteiger partial charge in [0, 0.05) is 46.1 Å². The fraction of sp³-hybridized carbons (Fsp3) is 0.400. The smallest absolute Gasteiger partial charge is 0.251 e. The molecule has 0 atom stereocenters. The van der Waals surface area contributed by atoms with Crippen LogP contribution in [0.3, 0.4) is 0 Å². The fourth-order valence-electron chi connectivity index (χ4n) is 1.80. The highest BCUT2D eigenvalue weighted by Crippen LogP contribution is 2.07. The van der Waals surface area contributed by atoms with Crippen molar-refractivity contribution >= 4 is 17.7 Å². The minimum Gasteiger partial charge on any atom is -0.356 e. The van der Waals surface area contributed by atoms with Gasteiger partial charge in [0.25, 0.3) is 5.91 Å². The van der Waals surface area contributed by atoms with E-state index in [9.17, 15) is 14.4 Å². The van der Waals surface area contributed by atoms with Gasteiger partial charge in [-0.2, -0.15) is 0 Å². The molecule has 0 spiro atoms. The lowest BCUT2D eigenvalue weighted by atomic mass is 10.1. The Bertz CT molecular complexity index is 511. The van der Waals surface area contributed by atoms with Gasteiger partial charge < -0.3 is 15.5 Å². The maximum atomic E-state index is 11.9. The lowest BCUT2D eigenvalue weighted by Gasteiger charge is -2.17. The zero-order chi connectivity index (χ0) is 15.8. The summed E-state index contributed by atoms with van der Waals surface area (Å²) in [5.41, 5.74) is 1.53.